The van der Waals surface area contributed by atoms with Crippen molar-refractivity contribution in [3.05, 3.63) is 94.8 Å². The van der Waals surface area contributed by atoms with Gasteiger partial charge in [-0.05, 0) is 47.5 Å². The Labute approximate surface area is 197 Å². The highest BCUT2D eigenvalue weighted by Gasteiger charge is 2.20. The van der Waals surface area contributed by atoms with Crippen molar-refractivity contribution in [3.63, 3.8) is 0 Å². The molecule has 1 N–H and O–H groups in total. The standard InChI is InChI=1S/C26H25ClFN5/c27-21-9-5-20(6-10-21)18-32-13-15-33(16-14-32)26-30-24-4-2-1-3-23(24)25(31-26)29-17-19-7-11-22(28)12-8-19/h1-12H,13-18H2,(H,29,30,31). The van der Waals surface area contributed by atoms with Crippen molar-refractivity contribution in [1.82, 2.24) is 14.9 Å². The Kier molecular flexibility index (Phi) is 6.37. The summed E-state index contributed by atoms with van der Waals surface area (Å²) in [7, 11) is 0. The molecule has 33 heavy (non-hydrogen) atoms. The van der Waals surface area contributed by atoms with Crippen molar-refractivity contribution >= 4 is 34.3 Å². The average Bonchev–Trinajstić information content (AvgIpc) is 2.85. The van der Waals surface area contributed by atoms with Crippen molar-refractivity contribution in [3.8, 4) is 0 Å². The highest BCUT2D eigenvalue weighted by atomic mass is 35.5. The molecule has 0 unspecified atom stereocenters. The number of halogens is 2. The van der Waals surface area contributed by atoms with Crippen LogP contribution in [0.25, 0.3) is 10.9 Å². The lowest BCUT2D eigenvalue weighted by atomic mass is 10.2. The molecule has 1 aliphatic rings. The number of benzene rings is 3. The molecule has 0 aliphatic carbocycles. The van der Waals surface area contributed by atoms with Gasteiger partial charge in [-0.1, -0.05) is 48.0 Å². The molecule has 1 aliphatic heterocycles. The van der Waals surface area contributed by atoms with Gasteiger partial charge >= 0.3 is 0 Å². The topological polar surface area (TPSA) is 44.3 Å². The van der Waals surface area contributed by atoms with Crippen molar-refractivity contribution in [1.29, 1.82) is 0 Å². The maximum atomic E-state index is 13.2. The van der Waals surface area contributed by atoms with Crippen LogP contribution in [0.2, 0.25) is 5.02 Å². The zero-order chi connectivity index (χ0) is 22.6. The lowest BCUT2D eigenvalue weighted by Gasteiger charge is -2.35. The number of hydrogen-bond acceptors (Lipinski definition) is 5. The molecule has 1 aromatic heterocycles. The molecule has 3 aromatic carbocycles. The minimum Gasteiger partial charge on any atom is -0.365 e. The van der Waals surface area contributed by atoms with Gasteiger partial charge in [0.25, 0.3) is 0 Å². The fourth-order valence-corrected chi connectivity index (χ4v) is 4.21. The summed E-state index contributed by atoms with van der Waals surface area (Å²) in [6.45, 7) is 5.09. The smallest absolute Gasteiger partial charge is 0.227 e. The fraction of sp³-hybridized carbons (Fsp3) is 0.231. The molecule has 0 spiro atoms. The second-order valence-electron chi connectivity index (χ2n) is 8.26. The summed E-state index contributed by atoms with van der Waals surface area (Å²) in [5.41, 5.74) is 3.17. The van der Waals surface area contributed by atoms with Gasteiger partial charge in [-0.15, -0.1) is 0 Å². The minimum atomic E-state index is -0.233. The number of nitrogens with zero attached hydrogens (tertiary/aromatic N) is 4. The van der Waals surface area contributed by atoms with Gasteiger partial charge in [0.2, 0.25) is 5.95 Å². The predicted octanol–water partition coefficient (Wildman–Crippen LogP) is 5.36. The van der Waals surface area contributed by atoms with Crippen LogP contribution in [0.3, 0.4) is 0 Å². The van der Waals surface area contributed by atoms with Gasteiger partial charge in [-0.3, -0.25) is 4.90 Å². The van der Waals surface area contributed by atoms with E-state index in [9.17, 15) is 4.39 Å². The van der Waals surface area contributed by atoms with E-state index in [2.05, 4.69) is 27.2 Å². The summed E-state index contributed by atoms with van der Waals surface area (Å²) in [4.78, 5) is 14.4. The van der Waals surface area contributed by atoms with E-state index in [1.807, 2.05) is 36.4 Å². The van der Waals surface area contributed by atoms with Crippen LogP contribution in [0.15, 0.2) is 72.8 Å². The number of rotatable bonds is 6. The Morgan fingerprint density at radius 2 is 1.52 bits per heavy atom. The van der Waals surface area contributed by atoms with Gasteiger partial charge in [0.05, 0.1) is 5.52 Å². The SMILES string of the molecule is Fc1ccc(CNc2nc(N3CCN(Cc4ccc(Cl)cc4)CC3)nc3ccccc23)cc1. The fourth-order valence-electron chi connectivity index (χ4n) is 4.08. The Morgan fingerprint density at radius 3 is 2.27 bits per heavy atom. The first-order valence-electron chi connectivity index (χ1n) is 11.1. The van der Waals surface area contributed by atoms with Gasteiger partial charge < -0.3 is 10.2 Å². The van der Waals surface area contributed by atoms with Crippen LogP contribution in [0.5, 0.6) is 0 Å². The zero-order valence-electron chi connectivity index (χ0n) is 18.2. The molecule has 0 amide bonds. The molecule has 1 fully saturated rings. The van der Waals surface area contributed by atoms with Crippen LogP contribution >= 0.6 is 11.6 Å². The van der Waals surface area contributed by atoms with Crippen LogP contribution in [0.4, 0.5) is 16.2 Å². The summed E-state index contributed by atoms with van der Waals surface area (Å²) >= 11 is 6.00. The van der Waals surface area contributed by atoms with E-state index in [-0.39, 0.29) is 5.82 Å². The maximum Gasteiger partial charge on any atom is 0.227 e. The highest BCUT2D eigenvalue weighted by molar-refractivity contribution is 6.30. The quantitative estimate of drug-likeness (QED) is 0.419. The Bertz CT molecular complexity index is 1220. The van der Waals surface area contributed by atoms with E-state index in [0.29, 0.717) is 6.54 Å². The summed E-state index contributed by atoms with van der Waals surface area (Å²) in [6.07, 6.45) is 0. The van der Waals surface area contributed by atoms with Crippen molar-refractivity contribution in [2.24, 2.45) is 0 Å². The van der Waals surface area contributed by atoms with E-state index < -0.39 is 0 Å². The van der Waals surface area contributed by atoms with Crippen molar-refractivity contribution < 1.29 is 4.39 Å². The molecule has 1 saturated heterocycles. The third-order valence-electron chi connectivity index (χ3n) is 5.94. The van der Waals surface area contributed by atoms with E-state index >= 15 is 0 Å². The number of nitrogens with one attached hydrogen (secondary N) is 1. The molecule has 0 radical (unpaired) electrons. The number of hydrogen-bond donors (Lipinski definition) is 1. The molecule has 168 valence electrons. The van der Waals surface area contributed by atoms with Crippen LogP contribution in [-0.2, 0) is 13.1 Å². The molecule has 7 heteroatoms. The number of para-hydroxylation sites is 1. The van der Waals surface area contributed by atoms with Gasteiger partial charge in [0.15, 0.2) is 0 Å². The molecule has 0 atom stereocenters. The van der Waals surface area contributed by atoms with Gasteiger partial charge in [0.1, 0.15) is 11.6 Å². The summed E-state index contributed by atoms with van der Waals surface area (Å²) in [6, 6.07) is 22.6. The van der Waals surface area contributed by atoms with E-state index in [1.165, 1.54) is 17.7 Å². The Hall–Kier alpha value is -3.22. The second-order valence-corrected chi connectivity index (χ2v) is 8.70. The van der Waals surface area contributed by atoms with Gasteiger partial charge in [0, 0.05) is 49.7 Å². The van der Waals surface area contributed by atoms with Crippen LogP contribution in [0.1, 0.15) is 11.1 Å². The lowest BCUT2D eigenvalue weighted by Crippen LogP contribution is -2.46. The van der Waals surface area contributed by atoms with Crippen LogP contribution in [0, 0.1) is 5.82 Å². The maximum absolute atomic E-state index is 13.2. The first-order chi connectivity index (χ1) is 16.1. The Balaban J connectivity index is 1.30. The van der Waals surface area contributed by atoms with E-state index in [0.717, 1.165) is 66.0 Å². The largest absolute Gasteiger partial charge is 0.365 e. The van der Waals surface area contributed by atoms with E-state index in [1.54, 1.807) is 12.1 Å². The van der Waals surface area contributed by atoms with Crippen LogP contribution < -0.4 is 10.2 Å². The molecule has 0 saturated carbocycles. The number of aromatic nitrogens is 2. The molecular formula is C26H25ClFN5. The second kappa shape index (κ2) is 9.73. The Morgan fingerprint density at radius 1 is 0.818 bits per heavy atom. The molecular weight excluding hydrogens is 437 g/mol. The minimum absolute atomic E-state index is 0.233. The van der Waals surface area contributed by atoms with Gasteiger partial charge in [-0.2, -0.15) is 4.98 Å². The number of piperazine rings is 1. The normalized spacial score (nSPS) is 14.5. The summed E-state index contributed by atoms with van der Waals surface area (Å²) in [5, 5.41) is 5.17. The summed E-state index contributed by atoms with van der Waals surface area (Å²) in [5.74, 6) is 1.30. The lowest BCUT2D eigenvalue weighted by molar-refractivity contribution is 0.249. The number of anilines is 2. The molecule has 0 bridgehead atoms. The monoisotopic (exact) mass is 461 g/mol. The van der Waals surface area contributed by atoms with Crippen molar-refractivity contribution in [2.45, 2.75) is 13.1 Å². The molecule has 5 nitrogen and oxygen atoms in total. The average molecular weight is 462 g/mol. The third kappa shape index (κ3) is 5.24. The molecule has 4 aromatic rings. The predicted molar refractivity (Wildman–Crippen MR) is 132 cm³/mol. The summed E-state index contributed by atoms with van der Waals surface area (Å²) < 4.78 is 13.2. The van der Waals surface area contributed by atoms with Crippen LogP contribution in [-0.4, -0.2) is 41.0 Å². The first-order valence-corrected chi connectivity index (χ1v) is 11.5. The highest BCUT2D eigenvalue weighted by Crippen LogP contribution is 2.25. The molecule has 5 rings (SSSR count). The molecule has 2 heterocycles. The zero-order valence-corrected chi connectivity index (χ0v) is 19.0. The van der Waals surface area contributed by atoms with Crippen molar-refractivity contribution in [2.75, 3.05) is 36.4 Å². The first kappa shape index (κ1) is 21.6. The third-order valence-corrected chi connectivity index (χ3v) is 6.19. The van der Waals surface area contributed by atoms with Gasteiger partial charge in [-0.25, -0.2) is 9.37 Å². The van der Waals surface area contributed by atoms with E-state index in [4.69, 9.17) is 21.6 Å². The number of fused-ring (bicyclic) bond motifs is 1.